The summed E-state index contributed by atoms with van der Waals surface area (Å²) in [5.41, 5.74) is 4.61. The lowest BCUT2D eigenvalue weighted by molar-refractivity contribution is -0.923. The first-order valence-electron chi connectivity index (χ1n) is 12.5. The molecule has 0 aliphatic rings. The third-order valence-electron chi connectivity index (χ3n) is 6.68. The molecule has 1 amide bonds. The van der Waals surface area contributed by atoms with Gasteiger partial charge in [0, 0.05) is 12.1 Å². The molecule has 0 saturated heterocycles. The van der Waals surface area contributed by atoms with Crippen LogP contribution in [0.5, 0.6) is 0 Å². The number of likely N-dealkylation sites (N-methyl/N-ethyl adjacent to an activating group) is 2. The number of hydrogen-bond donors (Lipinski definition) is 1. The monoisotopic (exact) mass is 442 g/mol. The van der Waals surface area contributed by atoms with E-state index in [0.717, 1.165) is 74.3 Å². The van der Waals surface area contributed by atoms with E-state index in [9.17, 15) is 4.79 Å². The van der Waals surface area contributed by atoms with Gasteiger partial charge in [-0.15, -0.1) is 0 Å². The molecule has 180 valence electrons. The summed E-state index contributed by atoms with van der Waals surface area (Å²) in [6.45, 7) is 23.8. The van der Waals surface area contributed by atoms with Crippen LogP contribution >= 0.6 is 0 Å². The van der Waals surface area contributed by atoms with Gasteiger partial charge in [0.05, 0.1) is 32.7 Å². The third kappa shape index (κ3) is 10.1. The summed E-state index contributed by atoms with van der Waals surface area (Å²) in [4.78, 5) is 15.1. The highest BCUT2D eigenvalue weighted by Gasteiger charge is 2.23. The maximum atomic E-state index is 12.7. The topological polar surface area (TPSA) is 32.3 Å². The predicted molar refractivity (Wildman–Crippen MR) is 140 cm³/mol. The molecule has 32 heavy (non-hydrogen) atoms. The van der Waals surface area contributed by atoms with E-state index in [1.165, 1.54) is 11.1 Å². The van der Waals surface area contributed by atoms with Gasteiger partial charge in [0.15, 0.2) is 0 Å². The Morgan fingerprint density at radius 2 is 1.59 bits per heavy atom. The molecule has 0 spiro atoms. The van der Waals surface area contributed by atoms with Crippen molar-refractivity contribution in [1.29, 1.82) is 0 Å². The molecule has 0 saturated carbocycles. The first-order valence-corrected chi connectivity index (χ1v) is 12.5. The van der Waals surface area contributed by atoms with Gasteiger partial charge < -0.3 is 9.80 Å². The molecule has 0 bridgehead atoms. The number of nitrogens with zero attached hydrogens (tertiary/aromatic N) is 2. The second kappa shape index (κ2) is 15.0. The largest absolute Gasteiger partial charge is 0.346 e. The maximum Gasteiger partial charge on any atom is 0.251 e. The Kier molecular flexibility index (Phi) is 13.2. The fourth-order valence-corrected chi connectivity index (χ4v) is 4.05. The minimum absolute atomic E-state index is 0.0230. The molecule has 1 rings (SSSR count). The lowest BCUT2D eigenvalue weighted by Gasteiger charge is -2.38. The summed E-state index contributed by atoms with van der Waals surface area (Å²) >= 11 is 0. The third-order valence-corrected chi connectivity index (χ3v) is 6.68. The smallest absolute Gasteiger partial charge is 0.251 e. The highest BCUT2D eigenvalue weighted by Crippen LogP contribution is 2.14. The first-order chi connectivity index (χ1) is 15.3. The lowest BCUT2D eigenvalue weighted by atomic mass is 10.1. The Labute approximate surface area is 198 Å². The van der Waals surface area contributed by atoms with E-state index < -0.39 is 0 Å². The van der Waals surface area contributed by atoms with E-state index in [4.69, 9.17) is 0 Å². The van der Waals surface area contributed by atoms with Gasteiger partial charge in [0.25, 0.3) is 5.91 Å². The van der Waals surface area contributed by atoms with E-state index in [0.29, 0.717) is 6.54 Å². The fraction of sp³-hybridized carbons (Fsp3) is 0.607. The van der Waals surface area contributed by atoms with Gasteiger partial charge in [0.2, 0.25) is 0 Å². The molecule has 4 nitrogen and oxygen atoms in total. The minimum atomic E-state index is 0.0230. The normalized spacial score (nSPS) is 12.2. The van der Waals surface area contributed by atoms with Gasteiger partial charge in [-0.2, -0.15) is 0 Å². The van der Waals surface area contributed by atoms with Crippen molar-refractivity contribution in [3.63, 3.8) is 0 Å². The van der Waals surface area contributed by atoms with Crippen LogP contribution in [0.1, 0.15) is 77.2 Å². The second-order valence-electron chi connectivity index (χ2n) is 9.14. The molecule has 0 fully saturated rings. The average molecular weight is 443 g/mol. The summed E-state index contributed by atoms with van der Waals surface area (Å²) in [6, 6.07) is 7.96. The van der Waals surface area contributed by atoms with Crippen LogP contribution in [0.4, 0.5) is 0 Å². The fourth-order valence-electron chi connectivity index (χ4n) is 4.05. The molecule has 0 radical (unpaired) electrons. The molecule has 0 heterocycles. The first kappa shape index (κ1) is 28.1. The van der Waals surface area contributed by atoms with E-state index in [2.05, 4.69) is 70.8 Å². The molecule has 4 heteroatoms. The van der Waals surface area contributed by atoms with Gasteiger partial charge in [0.1, 0.15) is 0 Å². The Hall–Kier alpha value is -1.91. The van der Waals surface area contributed by atoms with Crippen molar-refractivity contribution >= 4 is 12.0 Å². The van der Waals surface area contributed by atoms with E-state index >= 15 is 0 Å². The van der Waals surface area contributed by atoms with Crippen molar-refractivity contribution in [3.05, 3.63) is 52.6 Å². The second-order valence-corrected chi connectivity index (χ2v) is 9.14. The predicted octanol–water partition coefficient (Wildman–Crippen LogP) is 5.76. The summed E-state index contributed by atoms with van der Waals surface area (Å²) in [7, 11) is 0. The summed E-state index contributed by atoms with van der Waals surface area (Å²) in [5.74, 6) is 0.0230. The van der Waals surface area contributed by atoms with Crippen LogP contribution in [-0.4, -0.2) is 67.6 Å². The summed E-state index contributed by atoms with van der Waals surface area (Å²) in [5, 5.41) is 3.15. The van der Waals surface area contributed by atoms with Crippen LogP contribution < -0.4 is 5.32 Å². The SMILES string of the molecule is CCN(CC)CC[N+](CC)(CC)CCNC(=O)c1ccc(C=C(C)CCC=C(C)C)cc1. The summed E-state index contributed by atoms with van der Waals surface area (Å²) in [6.07, 6.45) is 6.63. The molecule has 0 aliphatic carbocycles. The van der Waals surface area contributed by atoms with Crippen LogP contribution in [0.2, 0.25) is 0 Å². The number of hydrogen-bond acceptors (Lipinski definition) is 2. The average Bonchev–Trinajstić information content (AvgIpc) is 2.78. The highest BCUT2D eigenvalue weighted by molar-refractivity contribution is 5.94. The molecular formula is C28H48N3O+. The van der Waals surface area contributed by atoms with Crippen LogP contribution in [0.3, 0.4) is 0 Å². The van der Waals surface area contributed by atoms with E-state index in [1.54, 1.807) is 0 Å². The number of carbonyl (C=O) groups excluding carboxylic acids is 1. The Morgan fingerprint density at radius 1 is 0.969 bits per heavy atom. The zero-order valence-electron chi connectivity index (χ0n) is 21.8. The van der Waals surface area contributed by atoms with Gasteiger partial charge in [-0.3, -0.25) is 9.69 Å². The Bertz CT molecular complexity index is 722. The molecule has 1 N–H and O–H groups in total. The van der Waals surface area contributed by atoms with Crippen molar-refractivity contribution < 1.29 is 9.28 Å². The lowest BCUT2D eigenvalue weighted by Crippen LogP contribution is -2.54. The number of allylic oxidation sites excluding steroid dienone is 3. The molecule has 0 aromatic heterocycles. The van der Waals surface area contributed by atoms with E-state index in [1.807, 2.05) is 24.3 Å². The van der Waals surface area contributed by atoms with Crippen molar-refractivity contribution in [1.82, 2.24) is 10.2 Å². The number of quaternary nitrogens is 1. The quantitative estimate of drug-likeness (QED) is 0.276. The van der Waals surface area contributed by atoms with E-state index in [-0.39, 0.29) is 5.91 Å². The zero-order valence-corrected chi connectivity index (χ0v) is 21.8. The minimum Gasteiger partial charge on any atom is -0.346 e. The van der Waals surface area contributed by atoms with Crippen molar-refractivity contribution in [2.45, 2.75) is 61.3 Å². The number of benzene rings is 1. The molecule has 0 unspecified atom stereocenters. The molecule has 0 atom stereocenters. The zero-order chi connectivity index (χ0) is 24.0. The molecule has 1 aromatic carbocycles. The highest BCUT2D eigenvalue weighted by atomic mass is 16.1. The molecular weight excluding hydrogens is 394 g/mol. The van der Waals surface area contributed by atoms with Crippen LogP contribution in [0.15, 0.2) is 41.5 Å². The maximum absolute atomic E-state index is 12.7. The van der Waals surface area contributed by atoms with Gasteiger partial charge in [-0.25, -0.2) is 0 Å². The Balaban J connectivity index is 2.60. The number of rotatable bonds is 15. The van der Waals surface area contributed by atoms with Gasteiger partial charge >= 0.3 is 0 Å². The molecule has 1 aromatic rings. The number of nitrogens with one attached hydrogen (secondary N) is 1. The van der Waals surface area contributed by atoms with Crippen LogP contribution in [0, 0.1) is 0 Å². The van der Waals surface area contributed by atoms with Crippen molar-refractivity contribution in [2.75, 3.05) is 52.4 Å². The standard InChI is InChI=1S/C28H47N3O/c1-8-30(9-2)20-22-31(10-3,11-4)21-19-29-28(32)27-17-15-26(16-18-27)23-25(7)14-12-13-24(5)6/h13,15-18,23H,8-12,14,19-22H2,1-7H3/p+1. The van der Waals surface area contributed by atoms with Gasteiger partial charge in [-0.05, 0) is 78.2 Å². The summed E-state index contributed by atoms with van der Waals surface area (Å²) < 4.78 is 1.05. The van der Waals surface area contributed by atoms with Crippen molar-refractivity contribution in [2.24, 2.45) is 0 Å². The van der Waals surface area contributed by atoms with Crippen LogP contribution in [0.25, 0.3) is 6.08 Å². The van der Waals surface area contributed by atoms with Crippen LogP contribution in [-0.2, 0) is 0 Å². The molecule has 0 aliphatic heterocycles. The van der Waals surface area contributed by atoms with Gasteiger partial charge in [-0.1, -0.05) is 49.3 Å². The van der Waals surface area contributed by atoms with Crippen molar-refractivity contribution in [3.8, 4) is 0 Å². The number of carbonyl (C=O) groups is 1. The Morgan fingerprint density at radius 3 is 2.12 bits per heavy atom. The number of amides is 1.